The Morgan fingerprint density at radius 3 is 2.48 bits per heavy atom. The van der Waals surface area contributed by atoms with Gasteiger partial charge >= 0.3 is 0 Å². The monoisotopic (exact) mass is 316 g/mol. The molecular weight excluding hydrogens is 302 g/mol. The molecular formula is C13H14F2N2O3S. The summed E-state index contributed by atoms with van der Waals surface area (Å²) in [5.74, 6) is -3.36. The SMILES string of the molecule is CC1=CCCN(C(=O)c2cc(F)c(F)cc2S(N)(=O)=O)C1. The highest BCUT2D eigenvalue weighted by atomic mass is 32.2. The molecule has 1 aliphatic rings. The summed E-state index contributed by atoms with van der Waals surface area (Å²) in [5, 5.41) is 4.97. The van der Waals surface area contributed by atoms with Crippen LogP contribution in [-0.2, 0) is 10.0 Å². The molecule has 0 spiro atoms. The smallest absolute Gasteiger partial charge is 0.255 e. The highest BCUT2D eigenvalue weighted by Crippen LogP contribution is 2.22. The van der Waals surface area contributed by atoms with Crippen molar-refractivity contribution in [2.75, 3.05) is 13.1 Å². The summed E-state index contributed by atoms with van der Waals surface area (Å²) in [6.45, 7) is 2.51. The lowest BCUT2D eigenvalue weighted by Gasteiger charge is -2.26. The van der Waals surface area contributed by atoms with Crippen LogP contribution in [0.3, 0.4) is 0 Å². The zero-order valence-corrected chi connectivity index (χ0v) is 12.1. The molecule has 8 heteroatoms. The second-order valence-electron chi connectivity index (χ2n) is 4.87. The van der Waals surface area contributed by atoms with Gasteiger partial charge < -0.3 is 4.90 Å². The third-order valence-corrected chi connectivity index (χ3v) is 4.13. The number of carbonyl (C=O) groups excluding carboxylic acids is 1. The van der Waals surface area contributed by atoms with Gasteiger partial charge in [0.25, 0.3) is 5.91 Å². The quantitative estimate of drug-likeness (QED) is 0.838. The molecule has 0 atom stereocenters. The lowest BCUT2D eigenvalue weighted by Crippen LogP contribution is -2.36. The molecule has 0 radical (unpaired) electrons. The molecule has 2 N–H and O–H groups in total. The molecule has 0 aliphatic carbocycles. The van der Waals surface area contributed by atoms with E-state index in [-0.39, 0.29) is 0 Å². The molecule has 1 aliphatic heterocycles. The van der Waals surface area contributed by atoms with Gasteiger partial charge in [-0.2, -0.15) is 0 Å². The van der Waals surface area contributed by atoms with Gasteiger partial charge in [-0.1, -0.05) is 11.6 Å². The molecule has 0 unspecified atom stereocenters. The van der Waals surface area contributed by atoms with Crippen molar-refractivity contribution in [3.63, 3.8) is 0 Å². The van der Waals surface area contributed by atoms with E-state index in [0.29, 0.717) is 31.6 Å². The van der Waals surface area contributed by atoms with Gasteiger partial charge in [-0.15, -0.1) is 0 Å². The van der Waals surface area contributed by atoms with Crippen molar-refractivity contribution in [2.24, 2.45) is 5.14 Å². The third-order valence-electron chi connectivity index (χ3n) is 3.18. The van der Waals surface area contributed by atoms with E-state index in [0.717, 1.165) is 5.57 Å². The highest BCUT2D eigenvalue weighted by Gasteiger charge is 2.27. The van der Waals surface area contributed by atoms with Gasteiger partial charge in [0.15, 0.2) is 11.6 Å². The molecule has 2 rings (SSSR count). The zero-order chi connectivity index (χ0) is 15.8. The first-order valence-electron chi connectivity index (χ1n) is 6.17. The number of benzene rings is 1. The molecule has 0 fully saturated rings. The maximum Gasteiger partial charge on any atom is 0.255 e. The average molecular weight is 316 g/mol. The van der Waals surface area contributed by atoms with Crippen LogP contribution in [0.25, 0.3) is 0 Å². The van der Waals surface area contributed by atoms with E-state index < -0.39 is 38.0 Å². The fourth-order valence-electron chi connectivity index (χ4n) is 2.19. The molecule has 0 saturated carbocycles. The van der Waals surface area contributed by atoms with Crippen molar-refractivity contribution in [1.82, 2.24) is 4.90 Å². The summed E-state index contributed by atoms with van der Waals surface area (Å²) in [6.07, 6.45) is 2.57. The molecule has 0 bridgehead atoms. The first-order valence-corrected chi connectivity index (χ1v) is 7.71. The molecule has 1 aromatic carbocycles. The van der Waals surface area contributed by atoms with Crippen LogP contribution >= 0.6 is 0 Å². The molecule has 0 saturated heterocycles. The molecule has 1 amide bonds. The van der Waals surface area contributed by atoms with E-state index in [1.165, 1.54) is 4.90 Å². The average Bonchev–Trinajstić information content (AvgIpc) is 2.39. The lowest BCUT2D eigenvalue weighted by atomic mass is 10.1. The number of sulfonamides is 1. The van der Waals surface area contributed by atoms with E-state index >= 15 is 0 Å². The van der Waals surface area contributed by atoms with E-state index in [1.807, 2.05) is 13.0 Å². The number of hydrogen-bond donors (Lipinski definition) is 1. The van der Waals surface area contributed by atoms with Crippen LogP contribution in [0.4, 0.5) is 8.78 Å². The fourth-order valence-corrected chi connectivity index (χ4v) is 2.91. The minimum absolute atomic E-state index is 0.307. The van der Waals surface area contributed by atoms with Crippen molar-refractivity contribution in [3.8, 4) is 0 Å². The normalized spacial score (nSPS) is 15.8. The van der Waals surface area contributed by atoms with Crippen LogP contribution in [0.5, 0.6) is 0 Å². The van der Waals surface area contributed by atoms with Gasteiger partial charge in [-0.25, -0.2) is 22.3 Å². The Kier molecular flexibility index (Phi) is 4.11. The van der Waals surface area contributed by atoms with Gasteiger partial charge in [-0.05, 0) is 25.5 Å². The van der Waals surface area contributed by atoms with Crippen LogP contribution in [0.15, 0.2) is 28.7 Å². The van der Waals surface area contributed by atoms with Crippen molar-refractivity contribution >= 4 is 15.9 Å². The van der Waals surface area contributed by atoms with Gasteiger partial charge in [0, 0.05) is 13.1 Å². The highest BCUT2D eigenvalue weighted by molar-refractivity contribution is 7.89. The second-order valence-corrected chi connectivity index (χ2v) is 6.40. The molecule has 21 heavy (non-hydrogen) atoms. The molecule has 5 nitrogen and oxygen atoms in total. The van der Waals surface area contributed by atoms with Gasteiger partial charge in [0.1, 0.15) is 0 Å². The number of primary sulfonamides is 1. The summed E-state index contributed by atoms with van der Waals surface area (Å²) >= 11 is 0. The molecule has 1 aromatic rings. The predicted octanol–water partition coefficient (Wildman–Crippen LogP) is 1.40. The Morgan fingerprint density at radius 1 is 1.29 bits per heavy atom. The first kappa shape index (κ1) is 15.6. The Bertz CT molecular complexity index is 729. The first-order chi connectivity index (χ1) is 9.70. The van der Waals surface area contributed by atoms with E-state index in [2.05, 4.69) is 0 Å². The van der Waals surface area contributed by atoms with Crippen LogP contribution in [0.1, 0.15) is 23.7 Å². The topological polar surface area (TPSA) is 80.5 Å². The number of nitrogens with zero attached hydrogens (tertiary/aromatic N) is 1. The number of amides is 1. The number of carbonyl (C=O) groups is 1. The third kappa shape index (κ3) is 3.27. The van der Waals surface area contributed by atoms with Crippen molar-refractivity contribution < 1.29 is 22.0 Å². The fraction of sp³-hybridized carbons (Fsp3) is 0.308. The maximum atomic E-state index is 13.4. The largest absolute Gasteiger partial charge is 0.334 e. The van der Waals surface area contributed by atoms with Crippen LogP contribution in [0, 0.1) is 11.6 Å². The van der Waals surface area contributed by atoms with Crippen molar-refractivity contribution in [3.05, 3.63) is 41.0 Å². The van der Waals surface area contributed by atoms with Gasteiger partial charge in [-0.3, -0.25) is 4.79 Å². The molecule has 114 valence electrons. The Hall–Kier alpha value is -1.80. The molecule has 1 heterocycles. The standard InChI is InChI=1S/C13H14F2N2O3S/c1-8-3-2-4-17(7-8)13(18)9-5-10(14)11(15)6-12(9)21(16,19)20/h3,5-6H,2,4,7H2,1H3,(H2,16,19,20). The van der Waals surface area contributed by atoms with E-state index in [9.17, 15) is 22.0 Å². The van der Waals surface area contributed by atoms with E-state index in [4.69, 9.17) is 5.14 Å². The Balaban J connectivity index is 2.50. The predicted molar refractivity (Wildman–Crippen MR) is 72.0 cm³/mol. The van der Waals surface area contributed by atoms with Crippen LogP contribution in [-0.4, -0.2) is 32.3 Å². The summed E-state index contributed by atoms with van der Waals surface area (Å²) < 4.78 is 49.5. The number of hydrogen-bond acceptors (Lipinski definition) is 3. The van der Waals surface area contributed by atoms with Gasteiger partial charge in [0.2, 0.25) is 10.0 Å². The van der Waals surface area contributed by atoms with Crippen LogP contribution in [0.2, 0.25) is 0 Å². The summed E-state index contributed by atoms with van der Waals surface area (Å²) in [4.78, 5) is 13.0. The Labute approximate surface area is 121 Å². The Morgan fingerprint density at radius 2 is 1.90 bits per heavy atom. The van der Waals surface area contributed by atoms with Crippen molar-refractivity contribution in [1.29, 1.82) is 0 Å². The summed E-state index contributed by atoms with van der Waals surface area (Å²) in [7, 11) is -4.34. The summed E-state index contributed by atoms with van der Waals surface area (Å²) in [5.41, 5.74) is 0.487. The zero-order valence-electron chi connectivity index (χ0n) is 11.3. The van der Waals surface area contributed by atoms with E-state index in [1.54, 1.807) is 0 Å². The lowest BCUT2D eigenvalue weighted by molar-refractivity contribution is 0.0761. The number of rotatable bonds is 2. The second kappa shape index (κ2) is 5.53. The van der Waals surface area contributed by atoms with Crippen molar-refractivity contribution in [2.45, 2.75) is 18.2 Å². The maximum absolute atomic E-state index is 13.4. The number of nitrogens with two attached hydrogens (primary N) is 1. The van der Waals surface area contributed by atoms with Gasteiger partial charge in [0.05, 0.1) is 10.5 Å². The van der Waals surface area contributed by atoms with Crippen LogP contribution < -0.4 is 5.14 Å². The minimum Gasteiger partial charge on any atom is -0.334 e. The number of halogens is 2. The summed E-state index contributed by atoms with van der Waals surface area (Å²) in [6, 6.07) is 1.01. The molecule has 0 aromatic heterocycles. The minimum atomic E-state index is -4.34.